The summed E-state index contributed by atoms with van der Waals surface area (Å²) in [6.07, 6.45) is 1.14. The van der Waals surface area contributed by atoms with Crippen LogP contribution in [0, 0.1) is 5.92 Å². The lowest BCUT2D eigenvalue weighted by Crippen LogP contribution is -2.51. The van der Waals surface area contributed by atoms with Crippen LogP contribution in [0.3, 0.4) is 0 Å². The first-order valence-electron chi connectivity index (χ1n) is 6.60. The Bertz CT molecular complexity index is 389. The molecule has 0 saturated carbocycles. The van der Waals surface area contributed by atoms with Gasteiger partial charge in [-0.15, -0.1) is 0 Å². The molecule has 2 aliphatic heterocycles. The number of aliphatic carboxylic acids is 1. The summed E-state index contributed by atoms with van der Waals surface area (Å²) >= 11 is 0. The van der Waals surface area contributed by atoms with E-state index >= 15 is 0 Å². The molecular weight excluding hydrogens is 250 g/mol. The van der Waals surface area contributed by atoms with Crippen LogP contribution in [-0.2, 0) is 14.3 Å². The molecule has 6 nitrogen and oxygen atoms in total. The van der Waals surface area contributed by atoms with E-state index in [1.165, 1.54) is 4.90 Å². The number of amides is 1. The van der Waals surface area contributed by atoms with Gasteiger partial charge in [-0.25, -0.2) is 9.59 Å². The Kier molecular flexibility index (Phi) is 3.47. The molecule has 6 heteroatoms. The Morgan fingerprint density at radius 1 is 1.42 bits per heavy atom. The topological polar surface area (TPSA) is 76.1 Å². The molecule has 108 valence electrons. The zero-order valence-electron chi connectivity index (χ0n) is 11.6. The van der Waals surface area contributed by atoms with E-state index in [1.54, 1.807) is 20.8 Å². The van der Waals surface area contributed by atoms with Crippen LogP contribution in [0.15, 0.2) is 0 Å². The molecular formula is C13H21NO5. The minimum atomic E-state index is -1.24. The molecule has 2 fully saturated rings. The molecule has 2 saturated heterocycles. The van der Waals surface area contributed by atoms with Gasteiger partial charge in [-0.2, -0.15) is 0 Å². The number of carbonyl (C=O) groups is 2. The van der Waals surface area contributed by atoms with E-state index in [4.69, 9.17) is 9.47 Å². The van der Waals surface area contributed by atoms with Gasteiger partial charge < -0.3 is 19.5 Å². The molecule has 0 aromatic carbocycles. The summed E-state index contributed by atoms with van der Waals surface area (Å²) in [4.78, 5) is 25.0. The third-order valence-corrected chi connectivity index (χ3v) is 3.60. The first kappa shape index (κ1) is 14.1. The van der Waals surface area contributed by atoms with Gasteiger partial charge >= 0.3 is 12.1 Å². The van der Waals surface area contributed by atoms with Gasteiger partial charge in [-0.05, 0) is 33.6 Å². The molecule has 2 aliphatic rings. The Hall–Kier alpha value is -1.30. The van der Waals surface area contributed by atoms with E-state index in [0.717, 1.165) is 12.8 Å². The van der Waals surface area contributed by atoms with Crippen LogP contribution in [0.4, 0.5) is 4.79 Å². The van der Waals surface area contributed by atoms with Gasteiger partial charge in [0.25, 0.3) is 0 Å². The standard InChI is InChI=1S/C13H21NO5/c1-12(2,3)19-11(17)14-7-9-5-4-6-18-13(9,8-14)10(15)16/h9H,4-8H2,1-3H3,(H,15,16)/t9-,13+/m1/s1. The van der Waals surface area contributed by atoms with Crippen LogP contribution in [0.5, 0.6) is 0 Å². The van der Waals surface area contributed by atoms with Crippen LogP contribution < -0.4 is 0 Å². The third-order valence-electron chi connectivity index (χ3n) is 3.60. The van der Waals surface area contributed by atoms with E-state index in [1.807, 2.05) is 0 Å². The number of likely N-dealkylation sites (tertiary alicyclic amines) is 1. The minimum absolute atomic E-state index is 0.0713. The molecule has 2 rings (SSSR count). The number of carbonyl (C=O) groups excluding carboxylic acids is 1. The summed E-state index contributed by atoms with van der Waals surface area (Å²) < 4.78 is 10.8. The Morgan fingerprint density at radius 3 is 2.63 bits per heavy atom. The van der Waals surface area contributed by atoms with Crippen molar-refractivity contribution < 1.29 is 24.2 Å². The molecule has 0 bridgehead atoms. The van der Waals surface area contributed by atoms with Gasteiger partial charge in [0.1, 0.15) is 5.60 Å². The van der Waals surface area contributed by atoms with Crippen LogP contribution in [0.2, 0.25) is 0 Å². The Balaban J connectivity index is 2.11. The molecule has 2 heterocycles. The first-order valence-corrected chi connectivity index (χ1v) is 6.60. The van der Waals surface area contributed by atoms with Crippen molar-refractivity contribution in [2.45, 2.75) is 44.8 Å². The smallest absolute Gasteiger partial charge is 0.410 e. The van der Waals surface area contributed by atoms with Gasteiger partial charge in [-0.3, -0.25) is 0 Å². The molecule has 2 atom stereocenters. The van der Waals surface area contributed by atoms with Gasteiger partial charge in [0.2, 0.25) is 0 Å². The van der Waals surface area contributed by atoms with E-state index in [9.17, 15) is 14.7 Å². The second kappa shape index (κ2) is 4.67. The Morgan fingerprint density at radius 2 is 2.11 bits per heavy atom. The van der Waals surface area contributed by atoms with Gasteiger partial charge in [0, 0.05) is 19.1 Å². The second-order valence-corrected chi connectivity index (χ2v) is 6.24. The number of carboxylic acid groups (broad SMARTS) is 1. The lowest BCUT2D eigenvalue weighted by Gasteiger charge is -2.34. The zero-order chi connectivity index (χ0) is 14.3. The highest BCUT2D eigenvalue weighted by molar-refractivity contribution is 5.81. The molecule has 1 N–H and O–H groups in total. The molecule has 0 spiro atoms. The maximum atomic E-state index is 12.0. The van der Waals surface area contributed by atoms with E-state index in [0.29, 0.717) is 13.2 Å². The average Bonchev–Trinajstić information content (AvgIpc) is 2.67. The monoisotopic (exact) mass is 271 g/mol. The minimum Gasteiger partial charge on any atom is -0.479 e. The summed E-state index contributed by atoms with van der Waals surface area (Å²) in [6.45, 7) is 6.26. The van der Waals surface area contributed by atoms with Crippen molar-refractivity contribution >= 4 is 12.1 Å². The lowest BCUT2D eigenvalue weighted by atomic mass is 9.85. The normalized spacial score (nSPS) is 30.9. The molecule has 0 unspecified atom stereocenters. The predicted molar refractivity (Wildman–Crippen MR) is 66.8 cm³/mol. The van der Waals surface area contributed by atoms with Crippen molar-refractivity contribution in [1.29, 1.82) is 0 Å². The van der Waals surface area contributed by atoms with Crippen LogP contribution in [0.1, 0.15) is 33.6 Å². The van der Waals surface area contributed by atoms with Gasteiger partial charge in [0.05, 0.1) is 6.54 Å². The highest BCUT2D eigenvalue weighted by Crippen LogP contribution is 2.38. The summed E-state index contributed by atoms with van der Waals surface area (Å²) in [7, 11) is 0. The van der Waals surface area contributed by atoms with Crippen molar-refractivity contribution in [1.82, 2.24) is 4.90 Å². The highest BCUT2D eigenvalue weighted by atomic mass is 16.6. The number of carboxylic acids is 1. The zero-order valence-corrected chi connectivity index (χ0v) is 11.6. The molecule has 0 aromatic rings. The van der Waals surface area contributed by atoms with E-state index in [2.05, 4.69) is 0 Å². The van der Waals surface area contributed by atoms with E-state index < -0.39 is 23.3 Å². The highest BCUT2D eigenvalue weighted by Gasteiger charge is 2.56. The average molecular weight is 271 g/mol. The summed E-state index contributed by atoms with van der Waals surface area (Å²) in [6, 6.07) is 0. The number of rotatable bonds is 1. The third kappa shape index (κ3) is 2.68. The van der Waals surface area contributed by atoms with Crippen molar-refractivity contribution in [3.8, 4) is 0 Å². The van der Waals surface area contributed by atoms with Crippen molar-refractivity contribution in [3.05, 3.63) is 0 Å². The SMILES string of the molecule is CC(C)(C)OC(=O)N1C[C@H]2CCCO[C@@]2(C(=O)O)C1. The maximum absolute atomic E-state index is 12.0. The van der Waals surface area contributed by atoms with Crippen LogP contribution in [-0.4, -0.2) is 53.0 Å². The largest absolute Gasteiger partial charge is 0.479 e. The summed E-state index contributed by atoms with van der Waals surface area (Å²) in [5.41, 5.74) is -1.82. The molecule has 0 radical (unpaired) electrons. The van der Waals surface area contributed by atoms with Crippen LogP contribution >= 0.6 is 0 Å². The Labute approximate surface area is 112 Å². The van der Waals surface area contributed by atoms with Gasteiger partial charge in [0.15, 0.2) is 5.60 Å². The number of ether oxygens (including phenoxy) is 2. The second-order valence-electron chi connectivity index (χ2n) is 6.24. The molecule has 0 aromatic heterocycles. The fraction of sp³-hybridized carbons (Fsp3) is 0.846. The van der Waals surface area contributed by atoms with Crippen molar-refractivity contribution in [2.24, 2.45) is 5.92 Å². The van der Waals surface area contributed by atoms with E-state index in [-0.39, 0.29) is 12.5 Å². The number of hydrogen-bond donors (Lipinski definition) is 1. The fourth-order valence-corrected chi connectivity index (χ4v) is 2.73. The summed E-state index contributed by atoms with van der Waals surface area (Å²) in [5.74, 6) is -1.13. The summed E-state index contributed by atoms with van der Waals surface area (Å²) in [5, 5.41) is 9.43. The maximum Gasteiger partial charge on any atom is 0.410 e. The molecule has 0 aliphatic carbocycles. The molecule has 1 amide bonds. The van der Waals surface area contributed by atoms with Crippen LogP contribution in [0.25, 0.3) is 0 Å². The first-order chi connectivity index (χ1) is 8.74. The molecule has 19 heavy (non-hydrogen) atoms. The fourth-order valence-electron chi connectivity index (χ4n) is 2.73. The van der Waals surface area contributed by atoms with Crippen molar-refractivity contribution in [2.75, 3.05) is 19.7 Å². The number of fused-ring (bicyclic) bond motifs is 1. The van der Waals surface area contributed by atoms with Crippen molar-refractivity contribution in [3.63, 3.8) is 0 Å². The van der Waals surface area contributed by atoms with Gasteiger partial charge in [-0.1, -0.05) is 0 Å². The number of nitrogens with zero attached hydrogens (tertiary/aromatic N) is 1. The quantitative estimate of drug-likeness (QED) is 0.782. The number of hydrogen-bond acceptors (Lipinski definition) is 4. The predicted octanol–water partition coefficient (Wildman–Crippen LogP) is 1.49. The lowest BCUT2D eigenvalue weighted by molar-refractivity contribution is -0.175.